The fourth-order valence-electron chi connectivity index (χ4n) is 1.29. The second-order valence-corrected chi connectivity index (χ2v) is 5.35. The summed E-state index contributed by atoms with van der Waals surface area (Å²) >= 11 is 0. The molecule has 98 valence electrons. The van der Waals surface area contributed by atoms with Crippen molar-refractivity contribution in [1.82, 2.24) is 4.72 Å². The lowest BCUT2D eigenvalue weighted by atomic mass is 10.2. The highest BCUT2D eigenvalue weighted by molar-refractivity contribution is 7.89. The highest BCUT2D eigenvalue weighted by Crippen LogP contribution is 2.16. The van der Waals surface area contributed by atoms with E-state index in [4.69, 9.17) is 5.73 Å². The van der Waals surface area contributed by atoms with Crippen LogP contribution in [0.3, 0.4) is 0 Å². The number of halogens is 2. The summed E-state index contributed by atoms with van der Waals surface area (Å²) in [6.45, 7) is 3.42. The van der Waals surface area contributed by atoms with Crippen LogP contribution in [0, 0.1) is 12.7 Å². The van der Waals surface area contributed by atoms with Crippen molar-refractivity contribution in [2.24, 2.45) is 5.73 Å². The minimum Gasteiger partial charge on any atom is -0.329 e. The van der Waals surface area contributed by atoms with Gasteiger partial charge in [0.1, 0.15) is 5.82 Å². The molecule has 0 aliphatic rings. The van der Waals surface area contributed by atoms with Gasteiger partial charge in [0.2, 0.25) is 10.0 Å². The summed E-state index contributed by atoms with van der Waals surface area (Å²) < 4.78 is 38.9. The highest BCUT2D eigenvalue weighted by Gasteiger charge is 2.18. The molecule has 0 saturated heterocycles. The van der Waals surface area contributed by atoms with Crippen LogP contribution in [0.2, 0.25) is 0 Å². The zero-order chi connectivity index (χ0) is 12.3. The Morgan fingerprint density at radius 2 is 2.06 bits per heavy atom. The Labute approximate surface area is 107 Å². The van der Waals surface area contributed by atoms with E-state index in [2.05, 4.69) is 4.72 Å². The smallest absolute Gasteiger partial charge is 0.241 e. The van der Waals surface area contributed by atoms with Crippen LogP contribution in [0.25, 0.3) is 0 Å². The number of nitrogens with one attached hydrogen (secondary N) is 1. The van der Waals surface area contributed by atoms with Gasteiger partial charge in [0.05, 0.1) is 4.90 Å². The maximum atomic E-state index is 12.8. The summed E-state index contributed by atoms with van der Waals surface area (Å²) in [5.74, 6) is -0.455. The van der Waals surface area contributed by atoms with Gasteiger partial charge in [-0.25, -0.2) is 17.5 Å². The monoisotopic (exact) mass is 282 g/mol. The molecule has 0 heterocycles. The van der Waals surface area contributed by atoms with Gasteiger partial charge >= 0.3 is 0 Å². The van der Waals surface area contributed by atoms with Crippen LogP contribution in [-0.2, 0) is 10.0 Å². The first-order valence-electron chi connectivity index (χ1n) is 4.85. The Hall–Kier alpha value is -0.690. The topological polar surface area (TPSA) is 72.2 Å². The molecule has 0 radical (unpaired) electrons. The van der Waals surface area contributed by atoms with Gasteiger partial charge in [-0.15, -0.1) is 12.4 Å². The first-order chi connectivity index (χ1) is 7.36. The average Bonchev–Trinajstić information content (AvgIpc) is 2.16. The maximum absolute atomic E-state index is 12.8. The van der Waals surface area contributed by atoms with E-state index in [9.17, 15) is 12.8 Å². The van der Waals surface area contributed by atoms with Crippen LogP contribution in [0.5, 0.6) is 0 Å². The lowest BCUT2D eigenvalue weighted by Crippen LogP contribution is -2.38. The molecule has 0 aliphatic carbocycles. The molecule has 0 saturated carbocycles. The third kappa shape index (κ3) is 4.23. The largest absolute Gasteiger partial charge is 0.329 e. The number of sulfonamides is 1. The van der Waals surface area contributed by atoms with E-state index in [0.717, 1.165) is 6.07 Å². The quantitative estimate of drug-likeness (QED) is 0.871. The van der Waals surface area contributed by atoms with Gasteiger partial charge in [-0.3, -0.25) is 0 Å². The first kappa shape index (κ1) is 16.3. The standard InChI is InChI=1S/C10H15FN2O2S.ClH/c1-7-5-9(11)3-4-10(7)16(14,15)13-8(2)6-12;/h3-5,8,13H,6,12H2,1-2H3;1H/t8-;/m0./s1. The molecular weight excluding hydrogens is 267 g/mol. The molecule has 1 atom stereocenters. The molecule has 0 fully saturated rings. The molecule has 7 heteroatoms. The first-order valence-corrected chi connectivity index (χ1v) is 6.33. The van der Waals surface area contributed by atoms with Crippen molar-refractivity contribution in [2.75, 3.05) is 6.54 Å². The van der Waals surface area contributed by atoms with Crippen LogP contribution in [-0.4, -0.2) is 21.0 Å². The second-order valence-electron chi connectivity index (χ2n) is 3.67. The number of aryl methyl sites for hydroxylation is 1. The molecule has 0 unspecified atom stereocenters. The normalized spacial score (nSPS) is 12.9. The molecule has 1 aromatic carbocycles. The number of hydrogen-bond acceptors (Lipinski definition) is 3. The van der Waals surface area contributed by atoms with Crippen LogP contribution >= 0.6 is 12.4 Å². The summed E-state index contributed by atoms with van der Waals surface area (Å²) in [5, 5.41) is 0. The Balaban J connectivity index is 0.00000256. The number of hydrogen-bond donors (Lipinski definition) is 2. The molecule has 0 amide bonds. The average molecular weight is 283 g/mol. The van der Waals surface area contributed by atoms with Gasteiger partial charge in [-0.05, 0) is 37.6 Å². The van der Waals surface area contributed by atoms with Crippen molar-refractivity contribution in [3.05, 3.63) is 29.6 Å². The van der Waals surface area contributed by atoms with Gasteiger partial charge in [0.15, 0.2) is 0 Å². The molecule has 1 aromatic rings. The van der Waals surface area contributed by atoms with Crippen molar-refractivity contribution < 1.29 is 12.8 Å². The summed E-state index contributed by atoms with van der Waals surface area (Å²) in [5.41, 5.74) is 5.70. The summed E-state index contributed by atoms with van der Waals surface area (Å²) in [6, 6.07) is 3.20. The van der Waals surface area contributed by atoms with Crippen molar-refractivity contribution in [3.63, 3.8) is 0 Å². The van der Waals surface area contributed by atoms with Gasteiger partial charge in [0, 0.05) is 12.6 Å². The van der Waals surface area contributed by atoms with E-state index in [-0.39, 0.29) is 29.9 Å². The summed E-state index contributed by atoms with van der Waals surface area (Å²) in [6.07, 6.45) is 0. The lowest BCUT2D eigenvalue weighted by Gasteiger charge is -2.13. The molecule has 0 aromatic heterocycles. The third-order valence-corrected chi connectivity index (χ3v) is 3.89. The molecule has 0 bridgehead atoms. The Kier molecular flexibility index (Phi) is 6.04. The number of nitrogens with two attached hydrogens (primary N) is 1. The van der Waals surface area contributed by atoms with Crippen molar-refractivity contribution in [3.8, 4) is 0 Å². The minimum atomic E-state index is -3.62. The third-order valence-electron chi connectivity index (χ3n) is 2.14. The molecule has 0 spiro atoms. The SMILES string of the molecule is Cc1cc(F)ccc1S(=O)(=O)N[C@@H](C)CN.Cl. The van der Waals surface area contributed by atoms with Crippen LogP contribution in [0.15, 0.2) is 23.1 Å². The molecule has 1 rings (SSSR count). The van der Waals surface area contributed by atoms with Crippen molar-refractivity contribution in [1.29, 1.82) is 0 Å². The fourth-order valence-corrected chi connectivity index (χ4v) is 2.77. The molecule has 17 heavy (non-hydrogen) atoms. The van der Waals surface area contributed by atoms with E-state index < -0.39 is 15.8 Å². The zero-order valence-corrected chi connectivity index (χ0v) is 11.2. The van der Waals surface area contributed by atoms with Gasteiger partial charge in [-0.2, -0.15) is 0 Å². The highest BCUT2D eigenvalue weighted by atomic mass is 35.5. The second kappa shape index (κ2) is 6.30. The Morgan fingerprint density at radius 3 is 2.53 bits per heavy atom. The molecule has 0 aliphatic heterocycles. The lowest BCUT2D eigenvalue weighted by molar-refractivity contribution is 0.561. The van der Waals surface area contributed by atoms with Gasteiger partial charge in [-0.1, -0.05) is 0 Å². The van der Waals surface area contributed by atoms with E-state index in [1.165, 1.54) is 12.1 Å². The predicted molar refractivity (Wildman–Crippen MR) is 67.2 cm³/mol. The zero-order valence-electron chi connectivity index (χ0n) is 9.60. The fraction of sp³-hybridized carbons (Fsp3) is 0.400. The Bertz CT molecular complexity index is 479. The van der Waals surface area contributed by atoms with E-state index in [0.29, 0.717) is 5.56 Å². The van der Waals surface area contributed by atoms with Crippen molar-refractivity contribution >= 4 is 22.4 Å². The van der Waals surface area contributed by atoms with Gasteiger partial charge < -0.3 is 5.73 Å². The van der Waals surface area contributed by atoms with E-state index >= 15 is 0 Å². The summed E-state index contributed by atoms with van der Waals surface area (Å²) in [4.78, 5) is 0.0780. The van der Waals surface area contributed by atoms with E-state index in [1.54, 1.807) is 13.8 Å². The minimum absolute atomic E-state index is 0. The van der Waals surface area contributed by atoms with Gasteiger partial charge in [0.25, 0.3) is 0 Å². The van der Waals surface area contributed by atoms with Crippen LogP contribution < -0.4 is 10.5 Å². The predicted octanol–water partition coefficient (Wildman–Crippen LogP) is 1.18. The van der Waals surface area contributed by atoms with Crippen LogP contribution in [0.4, 0.5) is 4.39 Å². The Morgan fingerprint density at radius 1 is 1.47 bits per heavy atom. The molecular formula is C10H16ClFN2O2S. The maximum Gasteiger partial charge on any atom is 0.241 e. The number of benzene rings is 1. The summed E-state index contributed by atoms with van der Waals surface area (Å²) in [7, 11) is -3.62. The molecule has 3 N–H and O–H groups in total. The van der Waals surface area contributed by atoms with E-state index in [1.807, 2.05) is 0 Å². The van der Waals surface area contributed by atoms with Crippen molar-refractivity contribution in [2.45, 2.75) is 24.8 Å². The molecule has 4 nitrogen and oxygen atoms in total. The number of rotatable bonds is 4. The van der Waals surface area contributed by atoms with Crippen LogP contribution in [0.1, 0.15) is 12.5 Å².